The van der Waals surface area contributed by atoms with E-state index in [0.717, 1.165) is 12.0 Å². The van der Waals surface area contributed by atoms with E-state index in [2.05, 4.69) is 38.0 Å². The molecule has 1 N–H and O–H groups in total. The van der Waals surface area contributed by atoms with Crippen LogP contribution in [-0.4, -0.2) is 37.1 Å². The lowest BCUT2D eigenvalue weighted by Crippen LogP contribution is -2.49. The fourth-order valence-corrected chi connectivity index (χ4v) is 3.05. The highest BCUT2D eigenvalue weighted by molar-refractivity contribution is 4.82. The van der Waals surface area contributed by atoms with Crippen LogP contribution in [0.2, 0.25) is 0 Å². The quantitative estimate of drug-likeness (QED) is 0.735. The number of piperidine rings is 1. The van der Waals surface area contributed by atoms with E-state index in [4.69, 9.17) is 0 Å². The molecule has 1 aliphatic heterocycles. The molecular formula is C15H32N2. The Bertz CT molecular complexity index is 191. The summed E-state index contributed by atoms with van der Waals surface area (Å²) in [5, 5.41) is 3.52. The zero-order valence-electron chi connectivity index (χ0n) is 12.3. The Balaban J connectivity index is 2.50. The molecule has 0 amide bonds. The van der Waals surface area contributed by atoms with Gasteiger partial charge in [-0.25, -0.2) is 0 Å². The standard InChI is InChI=1S/C15H32N2/c1-5-9-14-10-7-8-11-17(14)12-15(16-4)13(3)6-2/h13-16H,5-12H2,1-4H3. The van der Waals surface area contributed by atoms with Crippen LogP contribution >= 0.6 is 0 Å². The lowest BCUT2D eigenvalue weighted by atomic mass is 9.94. The largest absolute Gasteiger partial charge is 0.315 e. The molecule has 1 heterocycles. The molecule has 0 aromatic rings. The van der Waals surface area contributed by atoms with Gasteiger partial charge >= 0.3 is 0 Å². The highest BCUT2D eigenvalue weighted by Gasteiger charge is 2.25. The molecule has 0 spiro atoms. The number of likely N-dealkylation sites (N-methyl/N-ethyl adjacent to an activating group) is 1. The van der Waals surface area contributed by atoms with E-state index in [-0.39, 0.29) is 0 Å². The SMILES string of the molecule is CCCC1CCCCN1CC(NC)C(C)CC. The predicted molar refractivity (Wildman–Crippen MR) is 76.4 cm³/mol. The fourth-order valence-electron chi connectivity index (χ4n) is 3.05. The molecule has 2 heteroatoms. The van der Waals surface area contributed by atoms with Gasteiger partial charge in [0.25, 0.3) is 0 Å². The van der Waals surface area contributed by atoms with Gasteiger partial charge in [0.2, 0.25) is 0 Å². The molecule has 3 atom stereocenters. The molecule has 102 valence electrons. The van der Waals surface area contributed by atoms with Crippen LogP contribution in [0, 0.1) is 5.92 Å². The van der Waals surface area contributed by atoms with Crippen molar-refractivity contribution in [3.05, 3.63) is 0 Å². The van der Waals surface area contributed by atoms with Crippen molar-refractivity contribution in [1.82, 2.24) is 10.2 Å². The van der Waals surface area contributed by atoms with Crippen molar-refractivity contribution in [1.29, 1.82) is 0 Å². The van der Waals surface area contributed by atoms with Crippen LogP contribution in [0.25, 0.3) is 0 Å². The van der Waals surface area contributed by atoms with Crippen molar-refractivity contribution in [3.63, 3.8) is 0 Å². The minimum absolute atomic E-state index is 0.664. The van der Waals surface area contributed by atoms with E-state index in [0.29, 0.717) is 6.04 Å². The molecule has 0 bridgehead atoms. The van der Waals surface area contributed by atoms with E-state index in [1.54, 1.807) is 0 Å². The summed E-state index contributed by atoms with van der Waals surface area (Å²) in [7, 11) is 2.12. The number of hydrogen-bond acceptors (Lipinski definition) is 2. The summed E-state index contributed by atoms with van der Waals surface area (Å²) >= 11 is 0. The van der Waals surface area contributed by atoms with Gasteiger partial charge in [0.15, 0.2) is 0 Å². The van der Waals surface area contributed by atoms with Crippen LogP contribution in [0.5, 0.6) is 0 Å². The molecule has 0 saturated carbocycles. The van der Waals surface area contributed by atoms with Gasteiger partial charge in [0.05, 0.1) is 0 Å². The van der Waals surface area contributed by atoms with Gasteiger partial charge in [0.1, 0.15) is 0 Å². The third kappa shape index (κ3) is 4.59. The molecule has 1 saturated heterocycles. The summed E-state index contributed by atoms with van der Waals surface area (Å²) in [4.78, 5) is 2.75. The average Bonchev–Trinajstić information content (AvgIpc) is 2.37. The first kappa shape index (κ1) is 15.0. The molecule has 2 nitrogen and oxygen atoms in total. The molecule has 0 aromatic heterocycles. The van der Waals surface area contributed by atoms with Crippen molar-refractivity contribution in [2.75, 3.05) is 20.1 Å². The van der Waals surface area contributed by atoms with Crippen LogP contribution in [0.1, 0.15) is 59.3 Å². The Morgan fingerprint density at radius 1 is 1.29 bits per heavy atom. The van der Waals surface area contributed by atoms with Gasteiger partial charge < -0.3 is 5.32 Å². The van der Waals surface area contributed by atoms with Crippen LogP contribution < -0.4 is 5.32 Å². The fraction of sp³-hybridized carbons (Fsp3) is 1.00. The zero-order valence-corrected chi connectivity index (χ0v) is 12.3. The van der Waals surface area contributed by atoms with Crippen molar-refractivity contribution in [3.8, 4) is 0 Å². The second-order valence-corrected chi connectivity index (χ2v) is 5.71. The second kappa shape index (κ2) is 8.10. The van der Waals surface area contributed by atoms with Crippen LogP contribution in [0.3, 0.4) is 0 Å². The molecular weight excluding hydrogens is 208 g/mol. The van der Waals surface area contributed by atoms with Crippen molar-refractivity contribution in [2.24, 2.45) is 5.92 Å². The molecule has 17 heavy (non-hydrogen) atoms. The van der Waals surface area contributed by atoms with Gasteiger partial charge in [-0.15, -0.1) is 0 Å². The van der Waals surface area contributed by atoms with Crippen molar-refractivity contribution < 1.29 is 0 Å². The van der Waals surface area contributed by atoms with Gasteiger partial charge in [-0.05, 0) is 38.8 Å². The maximum atomic E-state index is 3.52. The summed E-state index contributed by atoms with van der Waals surface area (Å²) in [6.45, 7) is 9.56. The normalized spacial score (nSPS) is 25.8. The summed E-state index contributed by atoms with van der Waals surface area (Å²) < 4.78 is 0. The average molecular weight is 240 g/mol. The Morgan fingerprint density at radius 2 is 2.06 bits per heavy atom. The minimum atomic E-state index is 0.664. The zero-order chi connectivity index (χ0) is 12.7. The maximum Gasteiger partial charge on any atom is 0.0217 e. The summed E-state index contributed by atoms with van der Waals surface area (Å²) in [5.41, 5.74) is 0. The highest BCUT2D eigenvalue weighted by Crippen LogP contribution is 2.22. The lowest BCUT2D eigenvalue weighted by Gasteiger charge is -2.39. The Labute approximate surface area is 108 Å². The Kier molecular flexibility index (Phi) is 7.14. The van der Waals surface area contributed by atoms with E-state index < -0.39 is 0 Å². The van der Waals surface area contributed by atoms with Gasteiger partial charge in [-0.3, -0.25) is 4.90 Å². The summed E-state index contributed by atoms with van der Waals surface area (Å²) in [5.74, 6) is 0.782. The van der Waals surface area contributed by atoms with Crippen LogP contribution in [0.4, 0.5) is 0 Å². The number of nitrogens with zero attached hydrogens (tertiary/aromatic N) is 1. The van der Waals surface area contributed by atoms with E-state index in [9.17, 15) is 0 Å². The molecule has 3 unspecified atom stereocenters. The van der Waals surface area contributed by atoms with Crippen molar-refractivity contribution in [2.45, 2.75) is 71.4 Å². The van der Waals surface area contributed by atoms with Crippen LogP contribution in [-0.2, 0) is 0 Å². The van der Waals surface area contributed by atoms with Crippen molar-refractivity contribution >= 4 is 0 Å². The molecule has 1 aliphatic rings. The third-order valence-corrected chi connectivity index (χ3v) is 4.50. The van der Waals surface area contributed by atoms with E-state index in [1.165, 1.54) is 51.6 Å². The smallest absolute Gasteiger partial charge is 0.0217 e. The van der Waals surface area contributed by atoms with Gasteiger partial charge in [-0.2, -0.15) is 0 Å². The van der Waals surface area contributed by atoms with E-state index >= 15 is 0 Å². The molecule has 0 aromatic carbocycles. The minimum Gasteiger partial charge on any atom is -0.315 e. The first-order chi connectivity index (χ1) is 8.22. The van der Waals surface area contributed by atoms with Gasteiger partial charge in [0, 0.05) is 18.6 Å². The topological polar surface area (TPSA) is 15.3 Å². The third-order valence-electron chi connectivity index (χ3n) is 4.50. The van der Waals surface area contributed by atoms with E-state index in [1.807, 2.05) is 0 Å². The molecule has 1 fully saturated rings. The summed E-state index contributed by atoms with van der Waals surface area (Å²) in [6.07, 6.45) is 8.25. The second-order valence-electron chi connectivity index (χ2n) is 5.71. The number of likely N-dealkylation sites (tertiary alicyclic amines) is 1. The maximum absolute atomic E-state index is 3.52. The monoisotopic (exact) mass is 240 g/mol. The number of hydrogen-bond donors (Lipinski definition) is 1. The number of nitrogens with one attached hydrogen (secondary N) is 1. The molecule has 0 radical (unpaired) electrons. The summed E-state index contributed by atoms with van der Waals surface area (Å²) in [6, 6.07) is 1.52. The predicted octanol–water partition coefficient (Wildman–Crippen LogP) is 3.28. The van der Waals surface area contributed by atoms with Crippen LogP contribution in [0.15, 0.2) is 0 Å². The van der Waals surface area contributed by atoms with Gasteiger partial charge in [-0.1, -0.05) is 40.0 Å². The molecule has 0 aliphatic carbocycles. The first-order valence-corrected chi connectivity index (χ1v) is 7.64. The number of rotatable bonds is 7. The Hall–Kier alpha value is -0.0800. The lowest BCUT2D eigenvalue weighted by molar-refractivity contribution is 0.115. The Morgan fingerprint density at radius 3 is 2.65 bits per heavy atom. The highest BCUT2D eigenvalue weighted by atomic mass is 15.2. The molecule has 1 rings (SSSR count). The first-order valence-electron chi connectivity index (χ1n) is 7.64.